The smallest absolute Gasteiger partial charge is 0.240 e. The fraction of sp³-hybridized carbons (Fsp3) is 0.188. The lowest BCUT2D eigenvalue weighted by Gasteiger charge is -2.08. The SMILES string of the molecule is C#CCNC(=O)CNc1cncc(OCc2cccc(Cl)c2)n1. The maximum Gasteiger partial charge on any atom is 0.240 e. The highest BCUT2D eigenvalue weighted by Crippen LogP contribution is 2.14. The molecule has 7 heteroatoms. The molecule has 23 heavy (non-hydrogen) atoms. The van der Waals surface area contributed by atoms with E-state index < -0.39 is 0 Å². The Morgan fingerprint density at radius 1 is 1.39 bits per heavy atom. The monoisotopic (exact) mass is 330 g/mol. The van der Waals surface area contributed by atoms with Gasteiger partial charge in [-0.3, -0.25) is 9.78 Å². The van der Waals surface area contributed by atoms with Gasteiger partial charge in [0.1, 0.15) is 12.4 Å². The largest absolute Gasteiger partial charge is 0.472 e. The minimum Gasteiger partial charge on any atom is -0.472 e. The van der Waals surface area contributed by atoms with Crippen molar-refractivity contribution in [1.82, 2.24) is 15.3 Å². The van der Waals surface area contributed by atoms with E-state index in [0.29, 0.717) is 23.3 Å². The van der Waals surface area contributed by atoms with E-state index in [1.54, 1.807) is 6.07 Å². The van der Waals surface area contributed by atoms with E-state index in [1.807, 2.05) is 18.2 Å². The van der Waals surface area contributed by atoms with Crippen LogP contribution in [0.2, 0.25) is 5.02 Å². The topological polar surface area (TPSA) is 76.1 Å². The molecule has 1 heterocycles. The number of hydrogen-bond donors (Lipinski definition) is 2. The van der Waals surface area contributed by atoms with Gasteiger partial charge in [0.15, 0.2) is 0 Å². The average Bonchev–Trinajstić information content (AvgIpc) is 2.57. The number of anilines is 1. The fourth-order valence-electron chi connectivity index (χ4n) is 1.67. The minimum absolute atomic E-state index is 0.0497. The predicted octanol–water partition coefficient (Wildman–Crippen LogP) is 1.87. The third kappa shape index (κ3) is 5.85. The van der Waals surface area contributed by atoms with Crippen molar-refractivity contribution in [2.24, 2.45) is 0 Å². The van der Waals surface area contributed by atoms with Gasteiger partial charge in [-0.2, -0.15) is 4.98 Å². The third-order valence-corrected chi connectivity index (χ3v) is 2.94. The first-order valence-corrected chi connectivity index (χ1v) is 7.18. The van der Waals surface area contributed by atoms with Gasteiger partial charge in [-0.15, -0.1) is 6.42 Å². The van der Waals surface area contributed by atoms with Crippen LogP contribution in [0.15, 0.2) is 36.7 Å². The molecule has 0 aliphatic rings. The number of terminal acetylenes is 1. The summed E-state index contributed by atoms with van der Waals surface area (Å²) < 4.78 is 5.56. The summed E-state index contributed by atoms with van der Waals surface area (Å²) in [5.74, 6) is 2.88. The van der Waals surface area contributed by atoms with Crippen molar-refractivity contribution in [2.75, 3.05) is 18.4 Å². The highest BCUT2D eigenvalue weighted by molar-refractivity contribution is 6.30. The van der Waals surface area contributed by atoms with Crippen molar-refractivity contribution >= 4 is 23.3 Å². The molecular formula is C16H15ClN4O2. The Kier molecular flexibility index (Phi) is 6.21. The zero-order valence-electron chi connectivity index (χ0n) is 12.3. The summed E-state index contributed by atoms with van der Waals surface area (Å²) in [6.07, 6.45) is 8.06. The first-order valence-electron chi connectivity index (χ1n) is 6.80. The lowest BCUT2D eigenvalue weighted by Crippen LogP contribution is -2.30. The van der Waals surface area contributed by atoms with Gasteiger partial charge in [-0.1, -0.05) is 29.7 Å². The summed E-state index contributed by atoms with van der Waals surface area (Å²) in [7, 11) is 0. The molecule has 0 radical (unpaired) electrons. The summed E-state index contributed by atoms with van der Waals surface area (Å²) in [6, 6.07) is 7.35. The molecule has 0 saturated carbocycles. The van der Waals surface area contributed by atoms with Gasteiger partial charge in [0.2, 0.25) is 11.8 Å². The van der Waals surface area contributed by atoms with Crippen LogP contribution in [0, 0.1) is 12.3 Å². The van der Waals surface area contributed by atoms with Crippen molar-refractivity contribution in [3.05, 3.63) is 47.2 Å². The second-order valence-corrected chi connectivity index (χ2v) is 4.93. The number of nitrogens with zero attached hydrogens (tertiary/aromatic N) is 2. The molecule has 2 aromatic rings. The van der Waals surface area contributed by atoms with E-state index in [0.717, 1.165) is 5.56 Å². The second-order valence-electron chi connectivity index (χ2n) is 4.50. The van der Waals surface area contributed by atoms with Crippen molar-refractivity contribution in [3.8, 4) is 18.2 Å². The lowest BCUT2D eigenvalue weighted by atomic mass is 10.2. The summed E-state index contributed by atoms with van der Waals surface area (Å²) in [5, 5.41) is 6.03. The van der Waals surface area contributed by atoms with Crippen molar-refractivity contribution in [1.29, 1.82) is 0 Å². The normalized spacial score (nSPS) is 9.74. The quantitative estimate of drug-likeness (QED) is 0.758. The number of carbonyl (C=O) groups is 1. The maximum atomic E-state index is 11.4. The number of benzene rings is 1. The number of carbonyl (C=O) groups excluding carboxylic acids is 1. The molecule has 118 valence electrons. The van der Waals surface area contributed by atoms with E-state index >= 15 is 0 Å². The molecule has 2 N–H and O–H groups in total. The molecular weight excluding hydrogens is 316 g/mol. The number of ether oxygens (including phenoxy) is 1. The molecule has 0 bridgehead atoms. The number of halogens is 1. The Hall–Kier alpha value is -2.78. The Labute approximate surface area is 139 Å². The van der Waals surface area contributed by atoms with E-state index in [2.05, 4.69) is 26.5 Å². The van der Waals surface area contributed by atoms with Gasteiger partial charge in [0.05, 0.1) is 25.5 Å². The highest BCUT2D eigenvalue weighted by Gasteiger charge is 2.03. The molecule has 1 aromatic heterocycles. The van der Waals surface area contributed by atoms with E-state index in [4.69, 9.17) is 22.8 Å². The van der Waals surface area contributed by atoms with Crippen LogP contribution in [0.5, 0.6) is 5.88 Å². The summed E-state index contributed by atoms with van der Waals surface area (Å²) >= 11 is 5.92. The molecule has 6 nitrogen and oxygen atoms in total. The van der Waals surface area contributed by atoms with E-state index in [-0.39, 0.29) is 19.0 Å². The Bertz CT molecular complexity index is 715. The fourth-order valence-corrected chi connectivity index (χ4v) is 1.88. The van der Waals surface area contributed by atoms with Gasteiger partial charge in [-0.25, -0.2) is 0 Å². The zero-order chi connectivity index (χ0) is 16.5. The second kappa shape index (κ2) is 8.61. The molecule has 0 fully saturated rings. The number of hydrogen-bond acceptors (Lipinski definition) is 5. The number of aromatic nitrogens is 2. The molecule has 0 aliphatic heterocycles. The Morgan fingerprint density at radius 2 is 2.26 bits per heavy atom. The summed E-state index contributed by atoms with van der Waals surface area (Å²) in [4.78, 5) is 19.7. The molecule has 0 aliphatic carbocycles. The molecule has 1 aromatic carbocycles. The van der Waals surface area contributed by atoms with Crippen LogP contribution in [0.3, 0.4) is 0 Å². The standard InChI is InChI=1S/C16H15ClN4O2/c1-2-6-19-15(22)9-20-14-8-18-10-16(21-14)23-11-12-4-3-5-13(17)7-12/h1,3-5,7-8,10H,6,9,11H2,(H,19,22)(H,20,21). The predicted molar refractivity (Wildman–Crippen MR) is 88.1 cm³/mol. The zero-order valence-corrected chi connectivity index (χ0v) is 13.0. The lowest BCUT2D eigenvalue weighted by molar-refractivity contribution is -0.119. The van der Waals surface area contributed by atoms with Gasteiger partial charge in [0, 0.05) is 5.02 Å². The van der Waals surface area contributed by atoms with Crippen LogP contribution >= 0.6 is 11.6 Å². The highest BCUT2D eigenvalue weighted by atomic mass is 35.5. The summed E-state index contributed by atoms with van der Waals surface area (Å²) in [6.45, 7) is 0.560. The molecule has 0 unspecified atom stereocenters. The van der Waals surface area contributed by atoms with Crippen LogP contribution in [0.4, 0.5) is 5.82 Å². The van der Waals surface area contributed by atoms with Crippen molar-refractivity contribution in [3.63, 3.8) is 0 Å². The van der Waals surface area contributed by atoms with Crippen LogP contribution < -0.4 is 15.4 Å². The van der Waals surface area contributed by atoms with Crippen LogP contribution in [0.25, 0.3) is 0 Å². The summed E-state index contributed by atoms with van der Waals surface area (Å²) in [5.41, 5.74) is 0.923. The Morgan fingerprint density at radius 3 is 3.04 bits per heavy atom. The molecule has 1 amide bonds. The first kappa shape index (κ1) is 16.6. The first-order chi connectivity index (χ1) is 11.2. The van der Waals surface area contributed by atoms with Crippen LogP contribution in [-0.4, -0.2) is 29.0 Å². The molecule has 2 rings (SSSR count). The number of nitrogens with one attached hydrogen (secondary N) is 2. The van der Waals surface area contributed by atoms with Gasteiger partial charge >= 0.3 is 0 Å². The van der Waals surface area contributed by atoms with Crippen molar-refractivity contribution in [2.45, 2.75) is 6.61 Å². The molecule has 0 spiro atoms. The molecule has 0 atom stereocenters. The van der Waals surface area contributed by atoms with Gasteiger partial charge < -0.3 is 15.4 Å². The average molecular weight is 331 g/mol. The maximum absolute atomic E-state index is 11.4. The van der Waals surface area contributed by atoms with Gasteiger partial charge in [0.25, 0.3) is 0 Å². The minimum atomic E-state index is -0.227. The van der Waals surface area contributed by atoms with E-state index in [9.17, 15) is 4.79 Å². The van der Waals surface area contributed by atoms with Crippen LogP contribution in [0.1, 0.15) is 5.56 Å². The van der Waals surface area contributed by atoms with Crippen LogP contribution in [-0.2, 0) is 11.4 Å². The number of amides is 1. The third-order valence-electron chi connectivity index (χ3n) is 2.71. The number of rotatable bonds is 7. The molecule has 0 saturated heterocycles. The van der Waals surface area contributed by atoms with Crippen molar-refractivity contribution < 1.29 is 9.53 Å². The van der Waals surface area contributed by atoms with Gasteiger partial charge in [-0.05, 0) is 17.7 Å². The Balaban J connectivity index is 1.87. The van der Waals surface area contributed by atoms with E-state index in [1.165, 1.54) is 12.4 Å².